The minimum Gasteiger partial charge on any atom is -0.453 e. The van der Waals surface area contributed by atoms with E-state index in [0.717, 1.165) is 77.3 Å². The minimum absolute atomic E-state index is 0.0643. The van der Waals surface area contributed by atoms with Crippen molar-refractivity contribution >= 4 is 35.0 Å². The van der Waals surface area contributed by atoms with Crippen LogP contribution in [0.1, 0.15) is 70.6 Å². The molecule has 7 rings (SSSR count). The number of oxazole rings is 1. The number of imidazole rings is 2. The number of aryl methyl sites for hydroxylation is 1. The Morgan fingerprint density at radius 2 is 1.48 bits per heavy atom. The molecule has 1 fully saturated rings. The van der Waals surface area contributed by atoms with Gasteiger partial charge in [-0.25, -0.2) is 24.5 Å². The summed E-state index contributed by atoms with van der Waals surface area (Å²) in [4.78, 5) is 69.8. The maximum absolute atomic E-state index is 12.8. The summed E-state index contributed by atoms with van der Waals surface area (Å²) in [6.45, 7) is 7.48. The van der Waals surface area contributed by atoms with Gasteiger partial charge in [-0.1, -0.05) is 74.9 Å². The summed E-state index contributed by atoms with van der Waals surface area (Å²) >= 11 is 0. The number of ether oxygens (including phenoxy) is 1. The molecule has 0 saturated carbocycles. The predicted molar refractivity (Wildman–Crippen MR) is 234 cm³/mol. The molecule has 0 spiro atoms. The Morgan fingerprint density at radius 3 is 2.18 bits per heavy atom. The van der Waals surface area contributed by atoms with Crippen LogP contribution in [0.25, 0.3) is 45.1 Å². The molecule has 1 atom stereocenters. The fourth-order valence-electron chi connectivity index (χ4n) is 6.44. The molecule has 3 aromatic heterocycles. The number of hydrogen-bond donors (Lipinski definition) is 6. The van der Waals surface area contributed by atoms with Crippen molar-refractivity contribution in [3.05, 3.63) is 103 Å². The standard InChI is InChI=1S/C36H42N10O6.C6H6.C3H8/c1-3-37-35(49)41-21-32(48)46-16-6-7-28(46)33-40-19-26(44-33)22-9-11-23(12-10-22)34-45-25-14-13-24(17-29(25)52-34)27-18-39-30(43-27)8-4-5-15-38-31(47)20-42-36(50)51-2;1-2-4-6-5-3-1;1-3-2/h9-14,17-19,28H,3-8,15-16,20-21H2,1-2H3,(H,38,47)(H,39,43)(H,40,44)(H,42,50)(H2,37,41,49);1-6H;3H2,1-2H3. The molecule has 0 aliphatic carbocycles. The third-order valence-corrected chi connectivity index (χ3v) is 9.40. The van der Waals surface area contributed by atoms with Gasteiger partial charge < -0.3 is 45.3 Å². The molecule has 16 nitrogen and oxygen atoms in total. The average molecular weight is 833 g/mol. The summed E-state index contributed by atoms with van der Waals surface area (Å²) in [6, 6.07) is 25.1. The number of carbonyl (C=O) groups excluding carboxylic acids is 4. The van der Waals surface area contributed by atoms with Crippen molar-refractivity contribution in [2.24, 2.45) is 0 Å². The van der Waals surface area contributed by atoms with E-state index in [0.29, 0.717) is 31.1 Å². The highest BCUT2D eigenvalue weighted by Gasteiger charge is 2.32. The second-order valence-electron chi connectivity index (χ2n) is 14.2. The van der Waals surface area contributed by atoms with Crippen molar-refractivity contribution in [1.29, 1.82) is 0 Å². The first-order valence-corrected chi connectivity index (χ1v) is 20.7. The summed E-state index contributed by atoms with van der Waals surface area (Å²) in [5, 5.41) is 10.4. The molecule has 0 radical (unpaired) electrons. The number of aromatic amines is 2. The molecule has 3 aromatic carbocycles. The van der Waals surface area contributed by atoms with Crippen LogP contribution in [-0.2, 0) is 20.7 Å². The van der Waals surface area contributed by atoms with E-state index >= 15 is 0 Å². The molecular formula is C45H56N10O6. The highest BCUT2D eigenvalue weighted by atomic mass is 16.5. The molecule has 5 amide bonds. The molecule has 4 heterocycles. The Bertz CT molecular complexity index is 2260. The van der Waals surface area contributed by atoms with E-state index in [-0.39, 0.29) is 37.0 Å². The topological polar surface area (TPSA) is 212 Å². The van der Waals surface area contributed by atoms with Gasteiger partial charge in [0.05, 0.1) is 50.0 Å². The van der Waals surface area contributed by atoms with Crippen LogP contribution in [0.4, 0.5) is 9.59 Å². The fraction of sp³-hybridized carbons (Fsp3) is 0.356. The monoisotopic (exact) mass is 832 g/mol. The first-order chi connectivity index (χ1) is 29.7. The van der Waals surface area contributed by atoms with Gasteiger partial charge in [0.25, 0.3) is 0 Å². The molecule has 1 aliphatic rings. The second-order valence-corrected chi connectivity index (χ2v) is 14.2. The molecule has 61 heavy (non-hydrogen) atoms. The third kappa shape index (κ3) is 13.5. The molecule has 1 saturated heterocycles. The lowest BCUT2D eigenvalue weighted by molar-refractivity contribution is -0.131. The predicted octanol–water partition coefficient (Wildman–Crippen LogP) is 7.16. The van der Waals surface area contributed by atoms with Crippen molar-refractivity contribution < 1.29 is 28.3 Å². The van der Waals surface area contributed by atoms with Gasteiger partial charge in [0, 0.05) is 37.2 Å². The minimum atomic E-state index is -0.644. The van der Waals surface area contributed by atoms with E-state index in [2.05, 4.69) is 59.8 Å². The average Bonchev–Trinajstić information content (AvgIpc) is 4.13. The third-order valence-electron chi connectivity index (χ3n) is 9.40. The summed E-state index contributed by atoms with van der Waals surface area (Å²) in [5.74, 6) is 1.65. The van der Waals surface area contributed by atoms with E-state index in [4.69, 9.17) is 9.40 Å². The summed E-state index contributed by atoms with van der Waals surface area (Å²) in [5.41, 5.74) is 5.77. The molecule has 322 valence electrons. The first kappa shape index (κ1) is 45.1. The largest absolute Gasteiger partial charge is 0.453 e. The fourth-order valence-corrected chi connectivity index (χ4v) is 6.44. The smallest absolute Gasteiger partial charge is 0.407 e. The van der Waals surface area contributed by atoms with Crippen molar-refractivity contribution in [1.82, 2.24) is 51.1 Å². The number of carbonyl (C=O) groups is 4. The number of urea groups is 1. The lowest BCUT2D eigenvalue weighted by Gasteiger charge is -2.23. The van der Waals surface area contributed by atoms with Gasteiger partial charge in [0.2, 0.25) is 17.7 Å². The SMILES string of the molecule is CCC.CCNC(=O)NCC(=O)N1CCCC1c1ncc(-c2ccc(-c3nc4ccc(-c5cnc(CCCCNC(=O)CNC(=O)OC)[nH]5)cc4o3)cc2)[nH]1.c1ccccc1. The Labute approximate surface area is 355 Å². The van der Waals surface area contributed by atoms with Crippen LogP contribution in [0.3, 0.4) is 0 Å². The highest BCUT2D eigenvalue weighted by Crippen LogP contribution is 2.33. The van der Waals surface area contributed by atoms with Crippen LogP contribution in [0.15, 0.2) is 95.7 Å². The molecular weight excluding hydrogens is 777 g/mol. The zero-order valence-corrected chi connectivity index (χ0v) is 35.3. The molecule has 6 N–H and O–H groups in total. The number of aromatic nitrogens is 5. The van der Waals surface area contributed by atoms with Crippen molar-refractivity contribution in [2.45, 2.75) is 65.3 Å². The second kappa shape index (κ2) is 23.6. The van der Waals surface area contributed by atoms with Crippen LogP contribution in [0, 0.1) is 0 Å². The van der Waals surface area contributed by atoms with Crippen LogP contribution >= 0.6 is 0 Å². The van der Waals surface area contributed by atoms with Gasteiger partial charge >= 0.3 is 12.1 Å². The zero-order valence-electron chi connectivity index (χ0n) is 35.3. The van der Waals surface area contributed by atoms with E-state index in [1.807, 2.05) is 85.8 Å². The Hall–Kier alpha value is -6.97. The van der Waals surface area contributed by atoms with Crippen LogP contribution in [0.5, 0.6) is 0 Å². The zero-order chi connectivity index (χ0) is 43.4. The number of amides is 5. The van der Waals surface area contributed by atoms with E-state index in [1.54, 1.807) is 17.3 Å². The van der Waals surface area contributed by atoms with Crippen LogP contribution < -0.4 is 21.3 Å². The van der Waals surface area contributed by atoms with Gasteiger partial charge in [-0.2, -0.15) is 0 Å². The van der Waals surface area contributed by atoms with Crippen molar-refractivity contribution in [3.8, 4) is 34.0 Å². The van der Waals surface area contributed by atoms with Gasteiger partial charge in [-0.3, -0.25) is 9.59 Å². The van der Waals surface area contributed by atoms with Gasteiger partial charge in [-0.05, 0) is 62.4 Å². The number of nitrogens with one attached hydrogen (secondary N) is 6. The van der Waals surface area contributed by atoms with Gasteiger partial charge in [0.1, 0.15) is 17.2 Å². The van der Waals surface area contributed by atoms with Gasteiger partial charge in [-0.15, -0.1) is 0 Å². The highest BCUT2D eigenvalue weighted by molar-refractivity contribution is 5.85. The Kier molecular flexibility index (Phi) is 17.4. The molecule has 16 heteroatoms. The van der Waals surface area contributed by atoms with E-state index in [9.17, 15) is 19.2 Å². The summed E-state index contributed by atoms with van der Waals surface area (Å²) in [6.07, 6.45) is 8.13. The molecule has 0 bridgehead atoms. The lowest BCUT2D eigenvalue weighted by atomic mass is 10.1. The normalized spacial score (nSPS) is 13.0. The number of rotatable bonds is 14. The number of benzene rings is 3. The quantitative estimate of drug-likeness (QED) is 0.0614. The van der Waals surface area contributed by atoms with Crippen molar-refractivity contribution in [2.75, 3.05) is 39.8 Å². The van der Waals surface area contributed by atoms with Crippen LogP contribution in [-0.4, -0.2) is 93.6 Å². The molecule has 1 unspecified atom stereocenters. The number of hydrogen-bond acceptors (Lipinski definition) is 9. The van der Waals surface area contributed by atoms with Gasteiger partial charge in [0.15, 0.2) is 5.58 Å². The number of unbranched alkanes of at least 4 members (excludes halogenated alkanes) is 1. The molecule has 1 aliphatic heterocycles. The Morgan fingerprint density at radius 1 is 0.803 bits per heavy atom. The lowest BCUT2D eigenvalue weighted by Crippen LogP contribution is -2.43. The maximum atomic E-state index is 12.8. The summed E-state index contributed by atoms with van der Waals surface area (Å²) < 4.78 is 10.6. The number of fused-ring (bicyclic) bond motifs is 1. The van der Waals surface area contributed by atoms with E-state index < -0.39 is 6.09 Å². The van der Waals surface area contributed by atoms with Crippen molar-refractivity contribution in [3.63, 3.8) is 0 Å². The van der Waals surface area contributed by atoms with Crippen LogP contribution in [0.2, 0.25) is 0 Å². The Balaban J connectivity index is 0.000000702. The number of methoxy groups -OCH3 is 1. The molecule has 6 aromatic rings. The first-order valence-electron chi connectivity index (χ1n) is 20.7. The number of likely N-dealkylation sites (tertiary alicyclic amines) is 1. The number of H-pyrrole nitrogens is 2. The number of alkyl carbamates (subject to hydrolysis) is 1. The summed E-state index contributed by atoms with van der Waals surface area (Å²) in [7, 11) is 1.24. The maximum Gasteiger partial charge on any atom is 0.407 e. The number of nitrogens with zero attached hydrogens (tertiary/aromatic N) is 4. The van der Waals surface area contributed by atoms with E-state index in [1.165, 1.54) is 13.5 Å².